The molecule has 0 N–H and O–H groups in total. The third-order valence-corrected chi connectivity index (χ3v) is 5.45. The zero-order chi connectivity index (χ0) is 23.8. The van der Waals surface area contributed by atoms with Crippen LogP contribution in [-0.4, -0.2) is 29.0 Å². The number of hydrogen-bond donors (Lipinski definition) is 0. The smallest absolute Gasteiger partial charge is 0.400 e. The molecule has 2 heterocycles. The first kappa shape index (κ1) is 22.1. The van der Waals surface area contributed by atoms with Gasteiger partial charge in [-0.3, -0.25) is 9.69 Å². The minimum absolute atomic E-state index is 0.0933. The molecule has 1 amide bonds. The van der Waals surface area contributed by atoms with E-state index < -0.39 is 6.10 Å². The van der Waals surface area contributed by atoms with E-state index in [-0.39, 0.29) is 18.0 Å². The Hall–Kier alpha value is -3.75. The van der Waals surface area contributed by atoms with E-state index in [0.29, 0.717) is 43.7 Å². The lowest BCUT2D eigenvalue weighted by molar-refractivity contribution is -0.124. The Bertz CT molecular complexity index is 1500. The van der Waals surface area contributed by atoms with Crippen molar-refractivity contribution in [2.75, 3.05) is 11.9 Å². The molecule has 0 saturated carbocycles. The van der Waals surface area contributed by atoms with Crippen LogP contribution >= 0.6 is 23.2 Å². The van der Waals surface area contributed by atoms with Gasteiger partial charge in [-0.05, 0) is 61.5 Å². The summed E-state index contributed by atoms with van der Waals surface area (Å²) in [4.78, 5) is 22.7. The van der Waals surface area contributed by atoms with E-state index in [0.717, 1.165) is 0 Å². The quantitative estimate of drug-likeness (QED) is 0.264. The first-order valence-electron chi connectivity index (χ1n) is 10.2. The number of oxazole rings is 2. The molecule has 0 unspecified atom stereocenters. The van der Waals surface area contributed by atoms with Crippen molar-refractivity contribution < 1.29 is 23.1 Å². The van der Waals surface area contributed by atoms with Crippen molar-refractivity contribution in [3.63, 3.8) is 0 Å². The number of halogens is 2. The first-order valence-corrected chi connectivity index (χ1v) is 11.0. The van der Waals surface area contributed by atoms with Gasteiger partial charge in [0.2, 0.25) is 0 Å². The first-order chi connectivity index (χ1) is 16.4. The van der Waals surface area contributed by atoms with Crippen molar-refractivity contribution in [3.8, 4) is 17.6 Å². The van der Waals surface area contributed by atoms with Crippen LogP contribution in [0.4, 0.5) is 6.01 Å². The fraction of sp³-hybridized carbons (Fsp3) is 0.125. The average Bonchev–Trinajstić information content (AvgIpc) is 3.42. The molecule has 5 aromatic rings. The lowest BCUT2D eigenvalue weighted by atomic mass is 10.3. The predicted molar refractivity (Wildman–Crippen MR) is 128 cm³/mol. The monoisotopic (exact) mass is 497 g/mol. The van der Waals surface area contributed by atoms with Crippen LogP contribution in [-0.2, 0) is 4.79 Å². The van der Waals surface area contributed by atoms with Gasteiger partial charge in [0.1, 0.15) is 22.5 Å². The molecule has 5 rings (SSSR count). The van der Waals surface area contributed by atoms with Crippen molar-refractivity contribution in [1.82, 2.24) is 9.97 Å². The van der Waals surface area contributed by atoms with Crippen molar-refractivity contribution in [2.45, 2.75) is 13.0 Å². The molecule has 0 saturated heterocycles. The molecule has 2 aromatic heterocycles. The second-order valence-corrected chi connectivity index (χ2v) is 8.30. The number of amides is 1. The minimum atomic E-state index is -0.794. The SMILES string of the molecule is C[C@@H](Oc1ccc(Oc2nc3ccc(Cl)cc3o2)cc1)C(=O)N(C)c1nc2cc(Cl)ccc2o1. The number of benzene rings is 3. The maximum absolute atomic E-state index is 12.8. The summed E-state index contributed by atoms with van der Waals surface area (Å²) in [5.41, 5.74) is 2.26. The number of carbonyl (C=O) groups is 1. The summed E-state index contributed by atoms with van der Waals surface area (Å²) in [6.45, 7) is 1.65. The number of nitrogens with zero attached hydrogens (tertiary/aromatic N) is 3. The van der Waals surface area contributed by atoms with E-state index in [1.807, 2.05) is 0 Å². The highest BCUT2D eigenvalue weighted by Gasteiger charge is 2.24. The van der Waals surface area contributed by atoms with Crippen molar-refractivity contribution in [2.24, 2.45) is 0 Å². The molecule has 172 valence electrons. The number of anilines is 1. The van der Waals surface area contributed by atoms with Gasteiger partial charge in [0.05, 0.1) is 0 Å². The third kappa shape index (κ3) is 4.50. The summed E-state index contributed by atoms with van der Waals surface area (Å²) < 4.78 is 22.7. The van der Waals surface area contributed by atoms with E-state index in [1.54, 1.807) is 74.6 Å². The number of likely N-dealkylation sites (N-methyl/N-ethyl adjacent to an activating group) is 1. The number of hydrogen-bond acceptors (Lipinski definition) is 7. The fourth-order valence-corrected chi connectivity index (χ4v) is 3.59. The van der Waals surface area contributed by atoms with Crippen molar-refractivity contribution >= 4 is 57.3 Å². The topological polar surface area (TPSA) is 90.8 Å². The Morgan fingerprint density at radius 2 is 1.59 bits per heavy atom. The lowest BCUT2D eigenvalue weighted by Crippen LogP contribution is -2.38. The summed E-state index contributed by atoms with van der Waals surface area (Å²) in [6, 6.07) is 17.1. The van der Waals surface area contributed by atoms with Gasteiger partial charge in [-0.25, -0.2) is 0 Å². The van der Waals surface area contributed by atoms with Gasteiger partial charge in [0.15, 0.2) is 17.3 Å². The molecule has 0 aliphatic carbocycles. The number of rotatable bonds is 6. The number of carbonyl (C=O) groups excluding carboxylic acids is 1. The van der Waals surface area contributed by atoms with Crippen LogP contribution in [0.3, 0.4) is 0 Å². The Labute approximate surface area is 203 Å². The van der Waals surface area contributed by atoms with Crippen LogP contribution in [0, 0.1) is 0 Å². The molecule has 0 bridgehead atoms. The van der Waals surface area contributed by atoms with Crippen molar-refractivity contribution in [3.05, 3.63) is 70.7 Å². The number of ether oxygens (including phenoxy) is 2. The molecule has 34 heavy (non-hydrogen) atoms. The lowest BCUT2D eigenvalue weighted by Gasteiger charge is -2.19. The van der Waals surface area contributed by atoms with Gasteiger partial charge < -0.3 is 18.3 Å². The van der Waals surface area contributed by atoms with E-state index in [4.69, 9.17) is 41.5 Å². The Morgan fingerprint density at radius 1 is 0.882 bits per heavy atom. The second kappa shape index (κ2) is 8.89. The maximum Gasteiger partial charge on any atom is 0.400 e. The molecular formula is C24H17Cl2N3O5. The average molecular weight is 498 g/mol. The molecule has 0 aliphatic heterocycles. The molecule has 0 spiro atoms. The standard InChI is InChI=1S/C24H17Cl2N3O5/c1-13(22(30)29(2)23-27-19-11-14(25)4-10-20(19)33-23)31-16-5-7-17(8-6-16)32-24-28-18-9-3-15(26)12-21(18)34-24/h3-13H,1-2H3/t13-/m1/s1. The van der Waals surface area contributed by atoms with Crippen LogP contribution in [0.2, 0.25) is 10.0 Å². The van der Waals surface area contributed by atoms with Gasteiger partial charge in [-0.15, -0.1) is 0 Å². The molecule has 0 fully saturated rings. The van der Waals surface area contributed by atoms with Gasteiger partial charge in [0, 0.05) is 23.2 Å². The number of fused-ring (bicyclic) bond motifs is 2. The highest BCUT2D eigenvalue weighted by Crippen LogP contribution is 2.29. The summed E-state index contributed by atoms with van der Waals surface area (Å²) in [5.74, 6) is 0.643. The van der Waals surface area contributed by atoms with E-state index in [1.165, 1.54) is 4.90 Å². The van der Waals surface area contributed by atoms with E-state index in [9.17, 15) is 4.79 Å². The zero-order valence-electron chi connectivity index (χ0n) is 18.0. The highest BCUT2D eigenvalue weighted by atomic mass is 35.5. The van der Waals surface area contributed by atoms with Crippen LogP contribution in [0.1, 0.15) is 6.92 Å². The summed E-state index contributed by atoms with van der Waals surface area (Å²) in [7, 11) is 1.57. The van der Waals surface area contributed by atoms with Crippen LogP contribution in [0.15, 0.2) is 69.5 Å². The van der Waals surface area contributed by atoms with Gasteiger partial charge >= 0.3 is 12.1 Å². The Morgan fingerprint density at radius 3 is 2.38 bits per heavy atom. The maximum atomic E-state index is 12.8. The summed E-state index contributed by atoms with van der Waals surface area (Å²) in [5, 5.41) is 1.08. The number of aromatic nitrogens is 2. The Kier molecular flexibility index (Phi) is 5.77. The zero-order valence-corrected chi connectivity index (χ0v) is 19.5. The minimum Gasteiger partial charge on any atom is -0.481 e. The van der Waals surface area contributed by atoms with E-state index >= 15 is 0 Å². The van der Waals surface area contributed by atoms with Gasteiger partial charge in [-0.1, -0.05) is 23.2 Å². The normalized spacial score (nSPS) is 12.1. The van der Waals surface area contributed by atoms with Gasteiger partial charge in [0.25, 0.3) is 5.91 Å². The summed E-state index contributed by atoms with van der Waals surface area (Å²) >= 11 is 12.0. The molecule has 0 radical (unpaired) electrons. The third-order valence-electron chi connectivity index (χ3n) is 4.98. The Balaban J connectivity index is 1.23. The van der Waals surface area contributed by atoms with Gasteiger partial charge in [-0.2, -0.15) is 9.97 Å². The van der Waals surface area contributed by atoms with Crippen LogP contribution in [0.25, 0.3) is 22.2 Å². The van der Waals surface area contributed by atoms with Crippen molar-refractivity contribution in [1.29, 1.82) is 0 Å². The molecule has 1 atom stereocenters. The molecule has 3 aromatic carbocycles. The largest absolute Gasteiger partial charge is 0.481 e. The molecular weight excluding hydrogens is 481 g/mol. The second-order valence-electron chi connectivity index (χ2n) is 7.43. The predicted octanol–water partition coefficient (Wildman–Crippen LogP) is 6.50. The highest BCUT2D eigenvalue weighted by molar-refractivity contribution is 6.31. The summed E-state index contributed by atoms with van der Waals surface area (Å²) in [6.07, 6.45) is -0.701. The molecule has 0 aliphatic rings. The van der Waals surface area contributed by atoms with Crippen LogP contribution < -0.4 is 14.4 Å². The molecule has 8 nitrogen and oxygen atoms in total. The van der Waals surface area contributed by atoms with Crippen LogP contribution in [0.5, 0.6) is 17.6 Å². The fourth-order valence-electron chi connectivity index (χ4n) is 3.26. The van der Waals surface area contributed by atoms with E-state index in [2.05, 4.69) is 9.97 Å². The molecule has 10 heteroatoms.